The quantitative estimate of drug-likeness (QED) is 0.400. The lowest BCUT2D eigenvalue weighted by molar-refractivity contribution is -0.274. The standard InChI is InChI=1S/C19H21F3N6O2/c1-2-23-18(25-12-17-27-26-16-5-3-4-10-28(16)17)24-11-15(29)13-6-8-14(9-7-13)30-19(20,21)22/h3-10,15,29H,2,11-12H2,1H3,(H2,23,24,25). The van der Waals surface area contributed by atoms with Gasteiger partial charge in [0.15, 0.2) is 17.4 Å². The second-order valence-electron chi connectivity index (χ2n) is 6.25. The number of rotatable bonds is 7. The molecule has 0 aliphatic carbocycles. The van der Waals surface area contributed by atoms with E-state index in [4.69, 9.17) is 0 Å². The Morgan fingerprint density at radius 3 is 2.63 bits per heavy atom. The SMILES string of the molecule is CCNC(=NCc1nnc2ccccn12)NCC(O)c1ccc(OC(F)(F)F)cc1. The molecule has 30 heavy (non-hydrogen) atoms. The highest BCUT2D eigenvalue weighted by Crippen LogP contribution is 2.24. The van der Waals surface area contributed by atoms with Gasteiger partial charge in [0.25, 0.3) is 0 Å². The van der Waals surface area contributed by atoms with Gasteiger partial charge in [-0.3, -0.25) is 4.40 Å². The third-order valence-electron chi connectivity index (χ3n) is 4.07. The van der Waals surface area contributed by atoms with E-state index in [1.807, 2.05) is 35.7 Å². The Hall–Kier alpha value is -3.34. The van der Waals surface area contributed by atoms with Crippen LogP contribution in [0.2, 0.25) is 0 Å². The van der Waals surface area contributed by atoms with Crippen molar-refractivity contribution in [1.82, 2.24) is 25.2 Å². The van der Waals surface area contributed by atoms with E-state index in [1.165, 1.54) is 12.1 Å². The molecule has 3 rings (SSSR count). The van der Waals surface area contributed by atoms with Crippen LogP contribution in [0.1, 0.15) is 24.4 Å². The summed E-state index contributed by atoms with van der Waals surface area (Å²) in [5, 5.41) is 24.6. The minimum Gasteiger partial charge on any atom is -0.406 e. The number of aliphatic hydroxyl groups is 1. The van der Waals surface area contributed by atoms with Crippen molar-refractivity contribution in [2.75, 3.05) is 13.1 Å². The third kappa shape index (κ3) is 5.83. The number of guanidine groups is 1. The smallest absolute Gasteiger partial charge is 0.406 e. The number of pyridine rings is 1. The second kappa shape index (κ2) is 9.44. The summed E-state index contributed by atoms with van der Waals surface area (Å²) in [5.74, 6) is 0.770. The predicted molar refractivity (Wildman–Crippen MR) is 104 cm³/mol. The van der Waals surface area contributed by atoms with E-state index in [0.717, 1.165) is 12.1 Å². The average molecular weight is 422 g/mol. The first-order valence-electron chi connectivity index (χ1n) is 9.20. The highest BCUT2D eigenvalue weighted by atomic mass is 19.4. The number of alkyl halides is 3. The number of aliphatic hydroxyl groups excluding tert-OH is 1. The van der Waals surface area contributed by atoms with Crippen molar-refractivity contribution in [3.8, 4) is 5.75 Å². The predicted octanol–water partition coefficient (Wildman–Crippen LogP) is 2.42. The summed E-state index contributed by atoms with van der Waals surface area (Å²) >= 11 is 0. The molecule has 0 aliphatic heterocycles. The van der Waals surface area contributed by atoms with Crippen molar-refractivity contribution >= 4 is 11.6 Å². The van der Waals surface area contributed by atoms with Gasteiger partial charge < -0.3 is 20.5 Å². The Balaban J connectivity index is 1.60. The van der Waals surface area contributed by atoms with E-state index < -0.39 is 12.5 Å². The number of benzene rings is 1. The molecule has 2 aromatic heterocycles. The summed E-state index contributed by atoms with van der Waals surface area (Å²) < 4.78 is 42.3. The zero-order valence-corrected chi connectivity index (χ0v) is 16.1. The molecule has 1 atom stereocenters. The van der Waals surface area contributed by atoms with Crippen molar-refractivity contribution in [3.63, 3.8) is 0 Å². The van der Waals surface area contributed by atoms with Crippen molar-refractivity contribution in [2.45, 2.75) is 25.9 Å². The minimum absolute atomic E-state index is 0.103. The van der Waals surface area contributed by atoms with Gasteiger partial charge in [-0.15, -0.1) is 23.4 Å². The maximum atomic E-state index is 12.2. The summed E-state index contributed by atoms with van der Waals surface area (Å²) in [4.78, 5) is 4.44. The lowest BCUT2D eigenvalue weighted by Gasteiger charge is -2.16. The molecule has 0 fully saturated rings. The van der Waals surface area contributed by atoms with Crippen LogP contribution in [0.15, 0.2) is 53.7 Å². The van der Waals surface area contributed by atoms with Crippen LogP contribution in [0.25, 0.3) is 5.65 Å². The van der Waals surface area contributed by atoms with Crippen LogP contribution in [-0.2, 0) is 6.54 Å². The maximum Gasteiger partial charge on any atom is 0.573 e. The second-order valence-corrected chi connectivity index (χ2v) is 6.25. The van der Waals surface area contributed by atoms with E-state index in [-0.39, 0.29) is 18.8 Å². The largest absolute Gasteiger partial charge is 0.573 e. The number of aromatic nitrogens is 3. The number of fused-ring (bicyclic) bond motifs is 1. The summed E-state index contributed by atoms with van der Waals surface area (Å²) in [5.41, 5.74) is 1.16. The zero-order chi connectivity index (χ0) is 21.6. The first kappa shape index (κ1) is 21.4. The lowest BCUT2D eigenvalue weighted by atomic mass is 10.1. The molecule has 160 valence electrons. The van der Waals surface area contributed by atoms with Gasteiger partial charge in [-0.1, -0.05) is 18.2 Å². The molecule has 1 aromatic carbocycles. The Bertz CT molecular complexity index is 988. The lowest BCUT2D eigenvalue weighted by Crippen LogP contribution is -2.39. The van der Waals surface area contributed by atoms with Crippen molar-refractivity contribution in [1.29, 1.82) is 0 Å². The molecule has 0 aliphatic rings. The van der Waals surface area contributed by atoms with Crippen LogP contribution in [0, 0.1) is 0 Å². The van der Waals surface area contributed by atoms with E-state index >= 15 is 0 Å². The van der Waals surface area contributed by atoms with Crippen LogP contribution < -0.4 is 15.4 Å². The molecule has 8 nitrogen and oxygen atoms in total. The highest BCUT2D eigenvalue weighted by molar-refractivity contribution is 5.79. The van der Waals surface area contributed by atoms with Gasteiger partial charge in [-0.05, 0) is 36.8 Å². The van der Waals surface area contributed by atoms with Crippen LogP contribution >= 0.6 is 0 Å². The molecule has 0 spiro atoms. The number of nitrogens with zero attached hydrogens (tertiary/aromatic N) is 4. The molecule has 0 saturated heterocycles. The number of hydrogen-bond donors (Lipinski definition) is 3. The van der Waals surface area contributed by atoms with Crippen LogP contribution in [-0.4, -0.2) is 45.1 Å². The van der Waals surface area contributed by atoms with Gasteiger partial charge in [0.1, 0.15) is 12.3 Å². The Kier molecular flexibility index (Phi) is 6.72. The minimum atomic E-state index is -4.76. The van der Waals surface area contributed by atoms with Gasteiger partial charge in [0.05, 0.1) is 6.10 Å². The monoisotopic (exact) mass is 422 g/mol. The molecule has 2 heterocycles. The first-order valence-corrected chi connectivity index (χ1v) is 9.20. The fraction of sp³-hybridized carbons (Fsp3) is 0.316. The van der Waals surface area contributed by atoms with Gasteiger partial charge in [0, 0.05) is 19.3 Å². The molecule has 1 unspecified atom stereocenters. The maximum absolute atomic E-state index is 12.2. The van der Waals surface area contributed by atoms with E-state index in [9.17, 15) is 18.3 Å². The molecular weight excluding hydrogens is 401 g/mol. The molecule has 0 bridgehead atoms. The van der Waals surface area contributed by atoms with Crippen molar-refractivity contribution in [2.24, 2.45) is 4.99 Å². The first-order chi connectivity index (χ1) is 14.4. The molecule has 11 heteroatoms. The molecule has 3 N–H and O–H groups in total. The Labute approximate surface area is 170 Å². The zero-order valence-electron chi connectivity index (χ0n) is 16.1. The molecule has 3 aromatic rings. The molecule has 0 radical (unpaired) electrons. The summed E-state index contributed by atoms with van der Waals surface area (Å²) in [6.07, 6.45) is -3.87. The van der Waals surface area contributed by atoms with E-state index in [1.54, 1.807) is 0 Å². The van der Waals surface area contributed by atoms with Gasteiger partial charge in [-0.2, -0.15) is 0 Å². The van der Waals surface area contributed by atoms with E-state index in [0.29, 0.717) is 29.5 Å². The molecular formula is C19H21F3N6O2. The van der Waals surface area contributed by atoms with Gasteiger partial charge in [0.2, 0.25) is 0 Å². The van der Waals surface area contributed by atoms with Gasteiger partial charge in [-0.25, -0.2) is 4.99 Å². The molecule has 0 amide bonds. The number of hydrogen-bond acceptors (Lipinski definition) is 5. The topological polar surface area (TPSA) is 96.1 Å². The van der Waals surface area contributed by atoms with Crippen LogP contribution in [0.5, 0.6) is 5.75 Å². The number of ether oxygens (including phenoxy) is 1. The Morgan fingerprint density at radius 2 is 1.93 bits per heavy atom. The number of aliphatic imine (C=N–C) groups is 1. The fourth-order valence-electron chi connectivity index (χ4n) is 2.69. The average Bonchev–Trinajstić information content (AvgIpc) is 3.12. The number of halogens is 3. The van der Waals surface area contributed by atoms with Crippen molar-refractivity contribution < 1.29 is 23.0 Å². The number of nitrogens with one attached hydrogen (secondary N) is 2. The normalized spacial score (nSPS) is 13.3. The van der Waals surface area contributed by atoms with Crippen molar-refractivity contribution in [3.05, 3.63) is 60.0 Å². The summed E-state index contributed by atoms with van der Waals surface area (Å²) in [7, 11) is 0. The van der Waals surface area contributed by atoms with Gasteiger partial charge >= 0.3 is 6.36 Å². The van der Waals surface area contributed by atoms with Crippen LogP contribution in [0.4, 0.5) is 13.2 Å². The van der Waals surface area contributed by atoms with E-state index in [2.05, 4.69) is 30.6 Å². The molecule has 0 saturated carbocycles. The third-order valence-corrected chi connectivity index (χ3v) is 4.07. The summed E-state index contributed by atoms with van der Waals surface area (Å²) in [6, 6.07) is 10.6. The van der Waals surface area contributed by atoms with Crippen LogP contribution in [0.3, 0.4) is 0 Å². The summed E-state index contributed by atoms with van der Waals surface area (Å²) in [6.45, 7) is 2.87. The Morgan fingerprint density at radius 1 is 1.17 bits per heavy atom. The highest BCUT2D eigenvalue weighted by Gasteiger charge is 2.31. The fourth-order valence-corrected chi connectivity index (χ4v) is 2.69.